The monoisotopic (exact) mass is 443 g/mol. The number of thiophene rings is 1. The van der Waals surface area contributed by atoms with E-state index in [1.54, 1.807) is 24.3 Å². The number of rotatable bonds is 6. The van der Waals surface area contributed by atoms with Gasteiger partial charge in [-0.1, -0.05) is 47.8 Å². The molecule has 0 aliphatic carbocycles. The molecule has 0 spiro atoms. The largest absolute Gasteiger partial charge is 0.360 e. The first kappa shape index (κ1) is 21.1. The number of nitrogens with zero attached hydrogens (tertiary/aromatic N) is 2. The number of aryl methyl sites for hydroxylation is 1. The van der Waals surface area contributed by atoms with E-state index in [9.17, 15) is 4.79 Å². The summed E-state index contributed by atoms with van der Waals surface area (Å²) in [5.41, 5.74) is 2.89. The van der Waals surface area contributed by atoms with Gasteiger partial charge in [0.15, 0.2) is 0 Å². The fourth-order valence-corrected chi connectivity index (χ4v) is 5.02. The first-order chi connectivity index (χ1) is 14.6. The van der Waals surface area contributed by atoms with Crippen LogP contribution in [-0.4, -0.2) is 35.6 Å². The Bertz CT molecular complexity index is 978. The Hall–Kier alpha value is -2.15. The molecule has 1 N–H and O–H groups in total. The minimum Gasteiger partial charge on any atom is -0.360 e. The Morgan fingerprint density at radius 3 is 2.70 bits per heavy atom. The molecular formula is C23H26ClN3O2S. The molecule has 4 rings (SSSR count). The Labute approximate surface area is 186 Å². The summed E-state index contributed by atoms with van der Waals surface area (Å²) in [6.07, 6.45) is 4.96. The van der Waals surface area contributed by atoms with Crippen LogP contribution in [0.4, 0.5) is 0 Å². The zero-order chi connectivity index (χ0) is 20.9. The average molecular weight is 444 g/mol. The summed E-state index contributed by atoms with van der Waals surface area (Å²) in [6, 6.07) is 9.69. The molecule has 1 aliphatic rings. The number of carbonyl (C=O) groups is 1. The molecule has 2 aromatic heterocycles. The number of halogens is 1. The maximum Gasteiger partial charge on any atom is 0.257 e. The number of hydrogen-bond acceptors (Lipinski definition) is 5. The molecule has 1 aromatic carbocycles. The van der Waals surface area contributed by atoms with Crippen molar-refractivity contribution in [2.45, 2.75) is 38.6 Å². The molecule has 0 radical (unpaired) electrons. The molecule has 1 fully saturated rings. The third-order valence-electron chi connectivity index (χ3n) is 5.68. The Kier molecular flexibility index (Phi) is 6.87. The van der Waals surface area contributed by atoms with Gasteiger partial charge in [-0.15, -0.1) is 0 Å². The van der Waals surface area contributed by atoms with Gasteiger partial charge >= 0.3 is 0 Å². The third-order valence-corrected chi connectivity index (χ3v) is 6.72. The van der Waals surface area contributed by atoms with Gasteiger partial charge in [0.25, 0.3) is 5.91 Å². The predicted molar refractivity (Wildman–Crippen MR) is 121 cm³/mol. The van der Waals surface area contributed by atoms with Crippen molar-refractivity contribution < 1.29 is 9.32 Å². The van der Waals surface area contributed by atoms with E-state index in [1.807, 2.05) is 18.2 Å². The highest BCUT2D eigenvalue weighted by Gasteiger charge is 2.26. The van der Waals surface area contributed by atoms with E-state index in [2.05, 4.69) is 32.2 Å². The van der Waals surface area contributed by atoms with E-state index < -0.39 is 0 Å². The highest BCUT2D eigenvalue weighted by Crippen LogP contribution is 2.31. The zero-order valence-corrected chi connectivity index (χ0v) is 18.6. The molecular weight excluding hydrogens is 418 g/mol. The lowest BCUT2D eigenvalue weighted by Gasteiger charge is -2.30. The summed E-state index contributed by atoms with van der Waals surface area (Å²) in [5, 5.41) is 12.1. The molecule has 0 bridgehead atoms. The maximum absolute atomic E-state index is 13.2. The summed E-state index contributed by atoms with van der Waals surface area (Å²) >= 11 is 8.03. The first-order valence-corrected chi connectivity index (χ1v) is 11.7. The number of benzene rings is 1. The van der Waals surface area contributed by atoms with Crippen molar-refractivity contribution in [3.05, 3.63) is 63.0 Å². The van der Waals surface area contributed by atoms with Crippen molar-refractivity contribution in [3.8, 4) is 11.3 Å². The van der Waals surface area contributed by atoms with E-state index in [0.717, 1.165) is 13.1 Å². The van der Waals surface area contributed by atoms with E-state index in [0.29, 0.717) is 34.1 Å². The van der Waals surface area contributed by atoms with Crippen LogP contribution in [0.3, 0.4) is 0 Å². The van der Waals surface area contributed by atoms with Crippen LogP contribution >= 0.6 is 22.9 Å². The van der Waals surface area contributed by atoms with E-state index in [4.69, 9.17) is 16.1 Å². The van der Waals surface area contributed by atoms with E-state index in [1.165, 1.54) is 31.2 Å². The second-order valence-corrected chi connectivity index (χ2v) is 8.86. The number of likely N-dealkylation sites (tertiary alicyclic amines) is 1. The molecule has 30 heavy (non-hydrogen) atoms. The molecule has 1 atom stereocenters. The normalized spacial score (nSPS) is 16.2. The Morgan fingerprint density at radius 2 is 2.00 bits per heavy atom. The average Bonchev–Trinajstić information content (AvgIpc) is 3.32. The first-order valence-electron chi connectivity index (χ1n) is 10.4. The van der Waals surface area contributed by atoms with Crippen molar-refractivity contribution in [3.63, 3.8) is 0 Å². The summed E-state index contributed by atoms with van der Waals surface area (Å²) in [6.45, 7) is 4.43. The molecule has 3 heterocycles. The Balaban J connectivity index is 1.55. The van der Waals surface area contributed by atoms with Gasteiger partial charge in [-0.05, 0) is 61.3 Å². The van der Waals surface area contributed by atoms with Crippen LogP contribution < -0.4 is 5.32 Å². The predicted octanol–water partition coefficient (Wildman–Crippen LogP) is 5.71. The van der Waals surface area contributed by atoms with Crippen LogP contribution in [0.2, 0.25) is 5.02 Å². The second kappa shape index (κ2) is 9.77. The van der Waals surface area contributed by atoms with Crippen LogP contribution in [0.5, 0.6) is 0 Å². The molecule has 158 valence electrons. The fraction of sp³-hybridized carbons (Fsp3) is 0.391. The zero-order valence-electron chi connectivity index (χ0n) is 17.1. The summed E-state index contributed by atoms with van der Waals surface area (Å²) < 4.78 is 5.36. The molecule has 1 aliphatic heterocycles. The topological polar surface area (TPSA) is 58.4 Å². The van der Waals surface area contributed by atoms with E-state index in [-0.39, 0.29) is 11.9 Å². The molecule has 3 aromatic rings. The van der Waals surface area contributed by atoms with Crippen LogP contribution in [0.1, 0.15) is 53.4 Å². The molecule has 7 heteroatoms. The van der Waals surface area contributed by atoms with Crippen molar-refractivity contribution in [2.24, 2.45) is 0 Å². The summed E-state index contributed by atoms with van der Waals surface area (Å²) in [4.78, 5) is 15.7. The van der Waals surface area contributed by atoms with Crippen molar-refractivity contribution >= 4 is 28.8 Å². The van der Waals surface area contributed by atoms with Crippen molar-refractivity contribution in [2.75, 3.05) is 19.6 Å². The number of hydrogen-bond donors (Lipinski definition) is 1. The molecule has 1 amide bonds. The van der Waals surface area contributed by atoms with Gasteiger partial charge in [-0.25, -0.2) is 0 Å². The summed E-state index contributed by atoms with van der Waals surface area (Å²) in [7, 11) is 0. The molecule has 0 saturated carbocycles. The number of amides is 1. The minimum absolute atomic E-state index is 0.169. The maximum atomic E-state index is 13.2. The third kappa shape index (κ3) is 4.61. The van der Waals surface area contributed by atoms with E-state index >= 15 is 0 Å². The standard InChI is InChI=1S/C23H26ClN3O2S/c1-16-21(22(26-29-16)18-8-4-5-9-19(18)24)23(28)25-14-20(17-10-13-30-15-17)27-11-6-2-3-7-12-27/h4-5,8-10,13,15,20H,2-3,6-7,11-12,14H2,1H3,(H,25,28)/t20-/m0/s1. The SMILES string of the molecule is Cc1onc(-c2ccccc2Cl)c1C(=O)NC[C@@H](c1ccsc1)N1CCCCCC1. The van der Waals surface area contributed by atoms with Gasteiger partial charge in [-0.2, -0.15) is 11.3 Å². The molecule has 1 saturated heterocycles. The van der Waals surface area contributed by atoms with Crippen LogP contribution in [-0.2, 0) is 0 Å². The minimum atomic E-state index is -0.182. The number of aromatic nitrogens is 1. The highest BCUT2D eigenvalue weighted by molar-refractivity contribution is 7.08. The second-order valence-electron chi connectivity index (χ2n) is 7.67. The van der Waals surface area contributed by atoms with Crippen LogP contribution in [0, 0.1) is 6.92 Å². The van der Waals surface area contributed by atoms with Gasteiger partial charge in [0.05, 0.1) is 11.1 Å². The highest BCUT2D eigenvalue weighted by atomic mass is 35.5. The Morgan fingerprint density at radius 1 is 1.23 bits per heavy atom. The van der Waals surface area contributed by atoms with Crippen molar-refractivity contribution in [1.29, 1.82) is 0 Å². The lowest BCUT2D eigenvalue weighted by Crippen LogP contribution is -2.38. The van der Waals surface area contributed by atoms with Gasteiger partial charge in [0, 0.05) is 12.1 Å². The molecule has 0 unspecified atom stereocenters. The van der Waals surface area contributed by atoms with Crippen LogP contribution in [0.15, 0.2) is 45.6 Å². The van der Waals surface area contributed by atoms with Crippen molar-refractivity contribution in [1.82, 2.24) is 15.4 Å². The quantitative estimate of drug-likeness (QED) is 0.529. The van der Waals surface area contributed by atoms with Gasteiger partial charge in [0.1, 0.15) is 17.0 Å². The van der Waals surface area contributed by atoms with Crippen LogP contribution in [0.25, 0.3) is 11.3 Å². The summed E-state index contributed by atoms with van der Waals surface area (Å²) in [5.74, 6) is 0.308. The number of nitrogens with one attached hydrogen (secondary N) is 1. The fourth-order valence-electron chi connectivity index (χ4n) is 4.08. The van der Waals surface area contributed by atoms with Gasteiger partial charge in [0.2, 0.25) is 0 Å². The number of carbonyl (C=O) groups excluding carboxylic acids is 1. The van der Waals surface area contributed by atoms with Gasteiger partial charge < -0.3 is 9.84 Å². The molecule has 5 nitrogen and oxygen atoms in total. The lowest BCUT2D eigenvalue weighted by molar-refractivity contribution is 0.0932. The van der Waals surface area contributed by atoms with Gasteiger partial charge in [-0.3, -0.25) is 9.69 Å². The smallest absolute Gasteiger partial charge is 0.257 e. The lowest BCUT2D eigenvalue weighted by atomic mass is 10.0.